The quantitative estimate of drug-likeness (QED) is 0.554. The molecule has 0 aromatic carbocycles. The number of pyridine rings is 1. The zero-order chi connectivity index (χ0) is 15.5. The molecule has 3 heterocycles. The van der Waals surface area contributed by atoms with Crippen LogP contribution in [0.3, 0.4) is 0 Å². The van der Waals surface area contributed by atoms with Gasteiger partial charge in [0.15, 0.2) is 0 Å². The third kappa shape index (κ3) is 2.58. The third-order valence-corrected chi connectivity index (χ3v) is 3.74. The second-order valence-electron chi connectivity index (χ2n) is 4.35. The van der Waals surface area contributed by atoms with Crippen molar-refractivity contribution in [3.05, 3.63) is 45.6 Å². The zero-order valence-electron chi connectivity index (χ0n) is 11.7. The average Bonchev–Trinajstić information content (AvgIpc) is 3.06. The summed E-state index contributed by atoms with van der Waals surface area (Å²) in [6.45, 7) is 2.72. The smallest absolute Gasteiger partial charge is 0.372 e. The minimum atomic E-state index is -0.443. The molecule has 8 nitrogen and oxygen atoms in total. The summed E-state index contributed by atoms with van der Waals surface area (Å²) in [5.74, 6) is 0.683. The number of nitro groups is 1. The summed E-state index contributed by atoms with van der Waals surface area (Å²) in [5, 5.41) is 16.0. The molecule has 0 aliphatic carbocycles. The first kappa shape index (κ1) is 14.3. The van der Waals surface area contributed by atoms with Gasteiger partial charge in [0.25, 0.3) is 4.96 Å². The molecule has 3 rings (SSSR count). The predicted octanol–water partition coefficient (Wildman–Crippen LogP) is 2.71. The molecule has 0 spiro atoms. The number of hydrogen-bond acceptors (Lipinski definition) is 7. The summed E-state index contributed by atoms with van der Waals surface area (Å²) in [4.78, 5) is 19.8. The van der Waals surface area contributed by atoms with Gasteiger partial charge in [-0.1, -0.05) is 17.4 Å². The van der Waals surface area contributed by atoms with Crippen molar-refractivity contribution < 1.29 is 9.66 Å². The highest BCUT2D eigenvalue weighted by Crippen LogP contribution is 2.28. The van der Waals surface area contributed by atoms with E-state index >= 15 is 0 Å². The maximum Gasteiger partial charge on any atom is 0.372 e. The zero-order valence-corrected chi connectivity index (χ0v) is 12.5. The van der Waals surface area contributed by atoms with Gasteiger partial charge in [-0.25, -0.2) is 4.98 Å². The van der Waals surface area contributed by atoms with Crippen LogP contribution in [0.15, 0.2) is 29.9 Å². The molecule has 9 heteroatoms. The lowest BCUT2D eigenvalue weighted by Gasteiger charge is -2.09. The molecule has 22 heavy (non-hydrogen) atoms. The molecular formula is C13H13N5O3S. The second-order valence-corrected chi connectivity index (χ2v) is 5.22. The molecule has 0 aliphatic heterocycles. The summed E-state index contributed by atoms with van der Waals surface area (Å²) in [7, 11) is 0. The van der Waals surface area contributed by atoms with Gasteiger partial charge >= 0.3 is 5.82 Å². The van der Waals surface area contributed by atoms with Crippen LogP contribution < -0.4 is 10.1 Å². The van der Waals surface area contributed by atoms with Crippen LogP contribution >= 0.6 is 11.3 Å². The number of rotatable bonds is 6. The predicted molar refractivity (Wildman–Crippen MR) is 82.5 cm³/mol. The molecule has 0 radical (unpaired) electrons. The number of fused-ring (bicyclic) bond motifs is 1. The molecule has 1 N–H and O–H groups in total. The van der Waals surface area contributed by atoms with Gasteiger partial charge in [0.1, 0.15) is 6.20 Å². The molecule has 0 saturated carbocycles. The van der Waals surface area contributed by atoms with E-state index < -0.39 is 4.92 Å². The van der Waals surface area contributed by atoms with Crippen LogP contribution in [0, 0.1) is 10.1 Å². The van der Waals surface area contributed by atoms with E-state index in [1.807, 2.05) is 13.0 Å². The van der Waals surface area contributed by atoms with E-state index in [1.165, 1.54) is 15.7 Å². The van der Waals surface area contributed by atoms with E-state index in [4.69, 9.17) is 4.74 Å². The molecule has 0 unspecified atom stereocenters. The number of nitrogens with one attached hydrogen (secondary N) is 1. The van der Waals surface area contributed by atoms with Crippen molar-refractivity contribution >= 4 is 27.9 Å². The van der Waals surface area contributed by atoms with E-state index in [0.717, 1.165) is 5.56 Å². The average molecular weight is 319 g/mol. The lowest BCUT2D eigenvalue weighted by molar-refractivity contribution is -0.389. The van der Waals surface area contributed by atoms with Crippen LogP contribution in [0.5, 0.6) is 5.88 Å². The van der Waals surface area contributed by atoms with Gasteiger partial charge in [-0.3, -0.25) is 0 Å². The maximum absolute atomic E-state index is 11.2. The number of imidazole rings is 1. The van der Waals surface area contributed by atoms with E-state index in [2.05, 4.69) is 15.3 Å². The highest BCUT2D eigenvalue weighted by atomic mass is 32.1. The first-order chi connectivity index (χ1) is 10.7. The summed E-state index contributed by atoms with van der Waals surface area (Å²) < 4.78 is 6.90. The van der Waals surface area contributed by atoms with Gasteiger partial charge < -0.3 is 20.2 Å². The van der Waals surface area contributed by atoms with Crippen molar-refractivity contribution in [2.24, 2.45) is 0 Å². The van der Waals surface area contributed by atoms with E-state index in [0.29, 0.717) is 24.0 Å². The van der Waals surface area contributed by atoms with Crippen LogP contribution in [0.1, 0.15) is 12.5 Å². The first-order valence-electron chi connectivity index (χ1n) is 6.61. The minimum absolute atomic E-state index is 0.0712. The highest BCUT2D eigenvalue weighted by molar-refractivity contribution is 7.15. The first-order valence-corrected chi connectivity index (χ1v) is 7.49. The van der Waals surface area contributed by atoms with Crippen molar-refractivity contribution in [2.75, 3.05) is 11.9 Å². The Labute approximate surface area is 129 Å². The van der Waals surface area contributed by atoms with E-state index in [-0.39, 0.29) is 11.6 Å². The number of nitrogens with zero attached hydrogens (tertiary/aromatic N) is 4. The Bertz CT molecular complexity index is 813. The highest BCUT2D eigenvalue weighted by Gasteiger charge is 2.23. The SMILES string of the molecule is CCOc1ncccc1CNc1nc2sccn2c1[N+](=O)[O-]. The molecule has 0 saturated heterocycles. The Balaban J connectivity index is 1.87. The van der Waals surface area contributed by atoms with Gasteiger partial charge in [-0.05, 0) is 17.9 Å². The molecule has 0 amide bonds. The summed E-state index contributed by atoms with van der Waals surface area (Å²) in [5.41, 5.74) is 0.815. The molecule has 0 fully saturated rings. The summed E-state index contributed by atoms with van der Waals surface area (Å²) in [6.07, 6.45) is 3.27. The fourth-order valence-electron chi connectivity index (χ4n) is 2.07. The fourth-order valence-corrected chi connectivity index (χ4v) is 2.78. The number of anilines is 1. The topological polar surface area (TPSA) is 94.6 Å². The molecule has 0 atom stereocenters. The molecule has 114 valence electrons. The monoisotopic (exact) mass is 319 g/mol. The van der Waals surface area contributed by atoms with Crippen molar-refractivity contribution in [3.63, 3.8) is 0 Å². The Morgan fingerprint density at radius 3 is 3.18 bits per heavy atom. The molecular weight excluding hydrogens is 306 g/mol. The number of aromatic nitrogens is 3. The second kappa shape index (κ2) is 5.98. The van der Waals surface area contributed by atoms with Crippen LogP contribution in [0.2, 0.25) is 0 Å². The van der Waals surface area contributed by atoms with Crippen LogP contribution in [0.25, 0.3) is 4.96 Å². The fraction of sp³-hybridized carbons (Fsp3) is 0.231. The Morgan fingerprint density at radius 2 is 2.41 bits per heavy atom. The lowest BCUT2D eigenvalue weighted by atomic mass is 10.2. The number of thiazole rings is 1. The van der Waals surface area contributed by atoms with Gasteiger partial charge in [0, 0.05) is 23.7 Å². The molecule has 3 aromatic heterocycles. The van der Waals surface area contributed by atoms with E-state index in [9.17, 15) is 10.1 Å². The summed E-state index contributed by atoms with van der Waals surface area (Å²) in [6, 6.07) is 3.65. The number of ether oxygens (including phenoxy) is 1. The van der Waals surface area contributed by atoms with Gasteiger partial charge in [0.2, 0.25) is 11.7 Å². The molecule has 3 aromatic rings. The number of hydrogen-bond donors (Lipinski definition) is 1. The van der Waals surface area contributed by atoms with Crippen molar-refractivity contribution in [2.45, 2.75) is 13.5 Å². The Kier molecular flexibility index (Phi) is 3.88. The normalized spacial score (nSPS) is 10.8. The standard InChI is InChI=1S/C13H13N5O3S/c1-2-21-11-9(4-3-5-14-11)8-15-10-12(18(19)20)17-6-7-22-13(17)16-10/h3-7,15H,2,8H2,1H3. The van der Waals surface area contributed by atoms with Crippen molar-refractivity contribution in [3.8, 4) is 5.88 Å². The minimum Gasteiger partial charge on any atom is -0.478 e. The van der Waals surface area contributed by atoms with Gasteiger partial charge in [0.05, 0.1) is 6.61 Å². The molecule has 0 aliphatic rings. The van der Waals surface area contributed by atoms with Gasteiger partial charge in [-0.2, -0.15) is 9.38 Å². The van der Waals surface area contributed by atoms with Crippen LogP contribution in [0.4, 0.5) is 11.6 Å². The third-order valence-electron chi connectivity index (χ3n) is 2.99. The Hall–Kier alpha value is -2.68. The van der Waals surface area contributed by atoms with Gasteiger partial charge in [-0.15, -0.1) is 0 Å². The van der Waals surface area contributed by atoms with Crippen LogP contribution in [-0.2, 0) is 6.54 Å². The van der Waals surface area contributed by atoms with E-state index in [1.54, 1.807) is 23.8 Å². The largest absolute Gasteiger partial charge is 0.478 e. The van der Waals surface area contributed by atoms with Crippen molar-refractivity contribution in [1.82, 2.24) is 14.4 Å². The molecule has 0 bridgehead atoms. The lowest BCUT2D eigenvalue weighted by Crippen LogP contribution is -2.06. The Morgan fingerprint density at radius 1 is 1.55 bits per heavy atom. The maximum atomic E-state index is 11.2. The van der Waals surface area contributed by atoms with Crippen LogP contribution in [-0.4, -0.2) is 25.9 Å². The van der Waals surface area contributed by atoms with Crippen molar-refractivity contribution in [1.29, 1.82) is 0 Å². The summed E-state index contributed by atoms with van der Waals surface area (Å²) >= 11 is 1.34.